The van der Waals surface area contributed by atoms with Crippen LogP contribution in [0.4, 0.5) is 4.39 Å². The number of likely N-dealkylation sites (tertiary alicyclic amines) is 4. The Morgan fingerprint density at radius 2 is 0.755 bits per heavy atom. The molecule has 9 heterocycles. The van der Waals surface area contributed by atoms with E-state index in [1.807, 2.05) is 19.0 Å². The molecule has 0 spiro atoms. The zero-order valence-electron chi connectivity index (χ0n) is 77.0. The Balaban J connectivity index is 0.00000117. The van der Waals surface area contributed by atoms with E-state index in [2.05, 4.69) is 305 Å². The van der Waals surface area contributed by atoms with Gasteiger partial charge in [-0.15, -0.1) is 0 Å². The lowest BCUT2D eigenvalue weighted by atomic mass is 9.98. The molecule has 9 saturated heterocycles. The Kier molecular flexibility index (Phi) is 50.8. The fraction of sp³-hybridized carbons (Fsp3) is 1.00. The van der Waals surface area contributed by atoms with Crippen molar-refractivity contribution in [1.82, 2.24) is 73.9 Å². The van der Waals surface area contributed by atoms with Crippen molar-refractivity contribution in [3.8, 4) is 0 Å². The second-order valence-electron chi connectivity index (χ2n) is 39.8. The average molecular weight is 1510 g/mol. The van der Waals surface area contributed by atoms with Crippen molar-refractivity contribution in [2.24, 2.45) is 5.73 Å². The van der Waals surface area contributed by atoms with Gasteiger partial charge < -0.3 is 40.1 Å². The van der Waals surface area contributed by atoms with Gasteiger partial charge in [-0.2, -0.15) is 0 Å². The summed E-state index contributed by atoms with van der Waals surface area (Å²) in [5.74, 6) is 0. The summed E-state index contributed by atoms with van der Waals surface area (Å²) in [7, 11) is 12.7. The maximum Gasteiger partial charge on any atom is 0.128 e. The van der Waals surface area contributed by atoms with Crippen molar-refractivity contribution in [3.05, 3.63) is 0 Å². The molecule has 9 aliphatic rings. The minimum absolute atomic E-state index is 0. The van der Waals surface area contributed by atoms with Gasteiger partial charge in [-0.3, -0.25) is 49.0 Å². The minimum Gasteiger partial charge on any atom is -0.380 e. The molecule has 0 aromatic heterocycles. The fourth-order valence-electron chi connectivity index (χ4n) is 15.5. The number of rotatable bonds is 9. The second-order valence-corrected chi connectivity index (χ2v) is 39.8. The Labute approximate surface area is 662 Å². The van der Waals surface area contributed by atoms with Crippen LogP contribution in [0.2, 0.25) is 0 Å². The van der Waals surface area contributed by atoms with Gasteiger partial charge in [-0.05, 0) is 288 Å². The number of hydrogen-bond acceptors (Lipinski definition) is 18. The van der Waals surface area contributed by atoms with Gasteiger partial charge in [0.05, 0.1) is 18.8 Å². The minimum atomic E-state index is -0.689. The smallest absolute Gasteiger partial charge is 0.128 e. The van der Waals surface area contributed by atoms with Gasteiger partial charge in [-0.1, -0.05) is 14.4 Å². The lowest BCUT2D eigenvalue weighted by Crippen LogP contribution is -2.55. The van der Waals surface area contributed by atoms with E-state index < -0.39 is 6.17 Å². The highest BCUT2D eigenvalue weighted by Crippen LogP contribution is 2.26. The molecule has 638 valence electrons. The molecule has 9 rings (SSSR count). The van der Waals surface area contributed by atoms with Crippen LogP contribution in [-0.4, -0.2) is 387 Å². The van der Waals surface area contributed by atoms with Crippen molar-refractivity contribution in [2.45, 2.75) is 366 Å². The standard InChI is InChI=1S/2C11H24N2.C10H21FN2.2C10H22N2.C9H20N2.C9H19NO.C8H18N2.C8H17NO.CH4/c1-11(2,3)13-8-6-10(7-9-13)12(4)5;1-10(2)12-6-8-13(9-7-12)11(3,4)5;1-8(2)13-6-5-10(12(3)4)9(11)7-13;1-10(2,3)12-7-6-9(8-12)11(4)5;1-5-11-6-8-12(9-7-11)10(2,3)4;1-7(2)11-5-8(3)10-9(4)6-11;1-7(2)10-5-8(3)11-9(4)6-10;1-8(2,3)10-5-4-7(9)6-10;1-8(2)9-4-3-6-10-7-5-9;/h2*10H,6-9H2,1-5H3;8-10H,5-7H2,1-4H3;9H,6-8H2,1-5H3;5-9H2,1-4H3;7-10H,5-6H2,1-4H3;7-9H,5-6H2,1-4H3;7H,4-6,9H2,1-3H3;8H,3-7H2,1-2H3;1H4/t;;9-,10+;9-;;2*8-,9+;7-;;/m..00...1../s1. The van der Waals surface area contributed by atoms with Crippen LogP contribution in [0.15, 0.2) is 0 Å². The number of nitrogens with zero attached hydrogens (tertiary/aromatic N) is 14. The maximum absolute atomic E-state index is 13.6. The van der Waals surface area contributed by atoms with Gasteiger partial charge in [0.1, 0.15) is 6.17 Å². The van der Waals surface area contributed by atoms with Gasteiger partial charge in [0, 0.05) is 245 Å². The van der Waals surface area contributed by atoms with E-state index in [-0.39, 0.29) is 13.5 Å². The van der Waals surface area contributed by atoms with Crippen molar-refractivity contribution in [1.29, 1.82) is 0 Å². The van der Waals surface area contributed by atoms with Crippen LogP contribution in [0.3, 0.4) is 0 Å². The Morgan fingerprint density at radius 3 is 1.09 bits per heavy atom. The van der Waals surface area contributed by atoms with Crippen molar-refractivity contribution in [3.63, 3.8) is 0 Å². The van der Waals surface area contributed by atoms with E-state index in [0.29, 0.717) is 94.8 Å². The molecular weight excluding hydrogens is 1320 g/mol. The van der Waals surface area contributed by atoms with Gasteiger partial charge in [-0.25, -0.2) is 4.39 Å². The molecule has 0 saturated carbocycles. The summed E-state index contributed by atoms with van der Waals surface area (Å²) in [6.45, 7) is 96.4. The third-order valence-corrected chi connectivity index (χ3v) is 23.3. The summed E-state index contributed by atoms with van der Waals surface area (Å²) >= 11 is 0. The molecule has 0 aliphatic carbocycles. The zero-order chi connectivity index (χ0) is 80.7. The normalized spacial score (nSPS) is 27.2. The quantitative estimate of drug-likeness (QED) is 0.229. The number of hydrogen-bond donors (Lipinski definition) is 2. The number of halogens is 1. The highest BCUT2D eigenvalue weighted by atomic mass is 19.1. The van der Waals surface area contributed by atoms with Crippen LogP contribution in [0, 0.1) is 0 Å². The molecule has 9 aliphatic heterocycles. The zero-order valence-corrected chi connectivity index (χ0v) is 77.0. The van der Waals surface area contributed by atoms with Crippen LogP contribution >= 0.6 is 0 Å². The molecular formula is C87H191FN16O2. The summed E-state index contributed by atoms with van der Waals surface area (Å²) in [6, 6.07) is 6.63. The predicted octanol–water partition coefficient (Wildman–Crippen LogP) is 13.0. The summed E-state index contributed by atoms with van der Waals surface area (Å²) in [5, 5.41) is 3.52. The van der Waals surface area contributed by atoms with Gasteiger partial charge in [0.15, 0.2) is 0 Å². The third kappa shape index (κ3) is 43.6. The molecule has 18 nitrogen and oxygen atoms in total. The topological polar surface area (TPSA) is 102 Å². The average Bonchev–Trinajstić information content (AvgIpc) is 1.58. The number of alkyl halides is 1. The van der Waals surface area contributed by atoms with E-state index in [9.17, 15) is 4.39 Å². The first kappa shape index (κ1) is 105. The first-order chi connectivity index (χ1) is 48.3. The molecule has 0 amide bonds. The van der Waals surface area contributed by atoms with E-state index >= 15 is 0 Å². The van der Waals surface area contributed by atoms with E-state index in [0.717, 1.165) is 70.9 Å². The number of nitrogens with two attached hydrogens (primary N) is 1. The summed E-state index contributed by atoms with van der Waals surface area (Å²) < 4.78 is 24.6. The monoisotopic (exact) mass is 1510 g/mol. The molecule has 9 fully saturated rings. The summed E-state index contributed by atoms with van der Waals surface area (Å²) in [5.41, 5.74) is 7.52. The van der Waals surface area contributed by atoms with Gasteiger partial charge in [0.25, 0.3) is 0 Å². The van der Waals surface area contributed by atoms with Gasteiger partial charge >= 0.3 is 0 Å². The molecule has 19 heteroatoms. The molecule has 8 atom stereocenters. The third-order valence-electron chi connectivity index (χ3n) is 23.3. The first-order valence-electron chi connectivity index (χ1n) is 42.8. The summed E-state index contributed by atoms with van der Waals surface area (Å²) in [4.78, 5) is 34.2. The number of piperazine rings is 3. The second kappa shape index (κ2) is 51.2. The molecule has 0 unspecified atom stereocenters. The molecule has 0 radical (unpaired) electrons. The largest absolute Gasteiger partial charge is 0.380 e. The molecule has 0 bridgehead atoms. The number of morpholine rings is 1. The molecule has 0 aromatic rings. The number of ether oxygens (including phenoxy) is 2. The fourth-order valence-corrected chi connectivity index (χ4v) is 15.5. The van der Waals surface area contributed by atoms with Crippen LogP contribution in [0.1, 0.15) is 254 Å². The van der Waals surface area contributed by atoms with E-state index in [4.69, 9.17) is 15.2 Å². The Hall–Kier alpha value is -0.790. The lowest BCUT2D eigenvalue weighted by Gasteiger charge is -2.43. The van der Waals surface area contributed by atoms with Crippen molar-refractivity contribution >= 4 is 0 Å². The maximum atomic E-state index is 13.6. The van der Waals surface area contributed by atoms with Gasteiger partial charge in [0.2, 0.25) is 0 Å². The first-order valence-corrected chi connectivity index (χ1v) is 42.8. The highest BCUT2D eigenvalue weighted by Gasteiger charge is 2.35. The van der Waals surface area contributed by atoms with Crippen molar-refractivity contribution in [2.75, 3.05) is 206 Å². The summed E-state index contributed by atoms with van der Waals surface area (Å²) in [6.07, 6.45) is 7.40. The van der Waals surface area contributed by atoms with Crippen LogP contribution in [0.25, 0.3) is 0 Å². The predicted molar refractivity (Wildman–Crippen MR) is 465 cm³/mol. The van der Waals surface area contributed by atoms with Crippen LogP contribution in [-0.2, 0) is 9.47 Å². The molecule has 0 aromatic carbocycles. The Bertz CT molecular complexity index is 2030. The number of nitrogens with one attached hydrogen (secondary N) is 1. The van der Waals surface area contributed by atoms with Crippen LogP contribution in [0.5, 0.6) is 0 Å². The Morgan fingerprint density at radius 1 is 0.387 bits per heavy atom. The number of likely N-dealkylation sites (N-methyl/N-ethyl adjacent to an activating group) is 2. The number of piperidine rings is 2. The molecule has 106 heavy (non-hydrogen) atoms. The van der Waals surface area contributed by atoms with Crippen molar-refractivity contribution < 1.29 is 13.9 Å². The van der Waals surface area contributed by atoms with E-state index in [1.54, 1.807) is 0 Å². The van der Waals surface area contributed by atoms with E-state index in [1.165, 1.54) is 137 Å². The lowest BCUT2D eigenvalue weighted by molar-refractivity contribution is -0.0764. The highest BCUT2D eigenvalue weighted by molar-refractivity contribution is 4.91. The SMILES string of the molecule is C.CC(C)(C)N1CC[C@@H](N)C1.CC(C)N1CCCOCC1.CC(C)N1CCN(C(C)(C)C)CC1.CC(C)N1CC[C@@H](N(C)C)[C@@H](F)C1.CC(C)N1C[C@@H](C)N[C@@H](C)C1.CC(C)N1C[C@@H](C)O[C@@H](C)C1.CCN1CCN(C(C)(C)C)CC1.CN(C)C1CCN(C(C)(C)C)CC1.CN(C)[C@H]1CCN(C(C)(C)C)C1. The molecule has 3 N–H and O–H groups in total. The van der Waals surface area contributed by atoms with Crippen LogP contribution < -0.4 is 11.1 Å².